The van der Waals surface area contributed by atoms with Crippen LogP contribution in [0.2, 0.25) is 0 Å². The van der Waals surface area contributed by atoms with Crippen LogP contribution in [0.15, 0.2) is 36.5 Å². The molecule has 0 saturated heterocycles. The molecule has 12 heteroatoms. The topological polar surface area (TPSA) is 169 Å². The van der Waals surface area contributed by atoms with E-state index in [-0.39, 0.29) is 12.8 Å². The Balaban J connectivity index is 3.98. The number of esters is 1. The minimum Gasteiger partial charge on any atom is -0.480 e. The number of rotatable bonds is 31. The number of phosphoric ester groups is 1. The van der Waals surface area contributed by atoms with Gasteiger partial charge < -0.3 is 25.2 Å². The van der Waals surface area contributed by atoms with Gasteiger partial charge in [-0.2, -0.15) is 0 Å². The van der Waals surface area contributed by atoms with Crippen molar-refractivity contribution >= 4 is 25.7 Å². The van der Waals surface area contributed by atoms with Crippen molar-refractivity contribution in [3.05, 3.63) is 36.5 Å². The van der Waals surface area contributed by atoms with E-state index in [2.05, 4.69) is 53.2 Å². The lowest BCUT2D eigenvalue weighted by atomic mass is 10.1. The Kier molecular flexibility index (Phi) is 28.6. The van der Waals surface area contributed by atoms with E-state index in [1.165, 1.54) is 25.7 Å². The molecule has 0 aromatic rings. The highest BCUT2D eigenvalue weighted by molar-refractivity contribution is 7.47. The Morgan fingerprint density at radius 1 is 0.696 bits per heavy atom. The molecular formula is C34H60NO10P. The average Bonchev–Trinajstić information content (AvgIpc) is 3.02. The lowest BCUT2D eigenvalue weighted by molar-refractivity contribution is -0.147. The third-order valence-electron chi connectivity index (χ3n) is 6.93. The normalized spacial score (nSPS) is 14.5. The number of ether oxygens (including phenoxy) is 1. The first-order chi connectivity index (χ1) is 22.1. The van der Waals surface area contributed by atoms with Gasteiger partial charge in [-0.05, 0) is 51.4 Å². The number of aliphatic hydroxyl groups is 1. The number of nitrogens with one attached hydrogen (secondary N) is 1. The number of carboxylic acid groups (broad SMARTS) is 1. The number of aliphatic hydroxyl groups excluding tert-OH is 1. The number of carbonyl (C=O) groups excluding carboxylic acids is 2. The molecule has 0 spiro atoms. The number of aliphatic carboxylic acids is 1. The molecule has 0 aliphatic carbocycles. The summed E-state index contributed by atoms with van der Waals surface area (Å²) in [6.45, 7) is 2.31. The zero-order valence-corrected chi connectivity index (χ0v) is 29.0. The summed E-state index contributed by atoms with van der Waals surface area (Å²) in [5, 5.41) is 21.5. The summed E-state index contributed by atoms with van der Waals surface area (Å²) >= 11 is 0. The fraction of sp³-hybridized carbons (Fsp3) is 0.735. The third kappa shape index (κ3) is 29.1. The molecule has 0 aliphatic heterocycles. The lowest BCUT2D eigenvalue weighted by Crippen LogP contribution is -2.43. The third-order valence-corrected chi connectivity index (χ3v) is 7.88. The summed E-state index contributed by atoms with van der Waals surface area (Å²) in [7, 11) is -4.73. The fourth-order valence-corrected chi connectivity index (χ4v) is 4.97. The van der Waals surface area contributed by atoms with Crippen LogP contribution in [0.25, 0.3) is 0 Å². The van der Waals surface area contributed by atoms with Gasteiger partial charge in [0.1, 0.15) is 12.7 Å². The smallest absolute Gasteiger partial charge is 0.472 e. The molecule has 0 aromatic heterocycles. The Morgan fingerprint density at radius 2 is 1.20 bits per heavy atom. The first kappa shape index (κ1) is 43.7. The van der Waals surface area contributed by atoms with Crippen LogP contribution in [0.1, 0.15) is 129 Å². The standard InChI is InChI=1S/C34H60NO10P/c1-3-5-7-8-9-10-11-12-13-14-15-16-17-18-19-20-21-22-24-25-32(37)35-31(34(39)40)29-45-46(41,42)44-28-30(36)27-43-33(38)26-23-6-4-2/h9-10,12-13,15-16,30-31,36H,3-8,11,14,17-29H2,1-2H3,(H,35,37)(H,39,40)(H,41,42)/b10-9-,13-12-,16-15-. The van der Waals surface area contributed by atoms with Gasteiger partial charge in [0.25, 0.3) is 0 Å². The Bertz CT molecular complexity index is 937. The minimum atomic E-state index is -4.73. The first-order valence-corrected chi connectivity index (χ1v) is 18.5. The van der Waals surface area contributed by atoms with Gasteiger partial charge in [-0.3, -0.25) is 18.6 Å². The lowest BCUT2D eigenvalue weighted by Gasteiger charge is -2.18. The summed E-state index contributed by atoms with van der Waals surface area (Å²) in [6, 6.07) is -1.55. The maximum absolute atomic E-state index is 12.2. The molecule has 1 amide bonds. The van der Waals surface area contributed by atoms with Crippen LogP contribution >= 0.6 is 7.82 Å². The van der Waals surface area contributed by atoms with Gasteiger partial charge in [0, 0.05) is 12.8 Å². The fourth-order valence-electron chi connectivity index (χ4n) is 4.20. The van der Waals surface area contributed by atoms with Crippen LogP contribution in [0.5, 0.6) is 0 Å². The maximum Gasteiger partial charge on any atom is 0.472 e. The van der Waals surface area contributed by atoms with E-state index in [4.69, 9.17) is 9.26 Å². The van der Waals surface area contributed by atoms with Crippen molar-refractivity contribution in [1.29, 1.82) is 0 Å². The van der Waals surface area contributed by atoms with Gasteiger partial charge >= 0.3 is 19.8 Å². The van der Waals surface area contributed by atoms with Crippen molar-refractivity contribution in [2.45, 2.75) is 142 Å². The molecule has 0 rings (SSSR count). The van der Waals surface area contributed by atoms with Crippen molar-refractivity contribution in [2.24, 2.45) is 0 Å². The Hall–Kier alpha value is -2.30. The van der Waals surface area contributed by atoms with Crippen LogP contribution in [0.4, 0.5) is 0 Å². The number of amides is 1. The van der Waals surface area contributed by atoms with Gasteiger partial charge in [-0.1, -0.05) is 102 Å². The van der Waals surface area contributed by atoms with E-state index < -0.39 is 57.6 Å². The number of carbonyl (C=O) groups is 3. The molecule has 0 saturated carbocycles. The molecule has 3 unspecified atom stereocenters. The molecule has 0 fully saturated rings. The Labute approximate surface area is 276 Å². The molecule has 0 aromatic carbocycles. The summed E-state index contributed by atoms with van der Waals surface area (Å²) in [5.41, 5.74) is 0. The molecule has 46 heavy (non-hydrogen) atoms. The molecule has 0 heterocycles. The zero-order chi connectivity index (χ0) is 34.3. The molecule has 266 valence electrons. The van der Waals surface area contributed by atoms with Crippen molar-refractivity contribution in [3.63, 3.8) is 0 Å². The predicted molar refractivity (Wildman–Crippen MR) is 180 cm³/mol. The molecule has 0 radical (unpaired) electrons. The largest absolute Gasteiger partial charge is 0.480 e. The SMILES string of the molecule is CCCCC/C=C\C/C=C\C/C=C\CCCCCCCCC(=O)NC(COP(=O)(O)OCC(O)COC(=O)CCCCC)C(=O)O. The maximum atomic E-state index is 12.2. The quantitative estimate of drug-likeness (QED) is 0.0253. The summed E-state index contributed by atoms with van der Waals surface area (Å²) < 4.78 is 26.3. The van der Waals surface area contributed by atoms with E-state index in [0.29, 0.717) is 12.8 Å². The molecule has 11 nitrogen and oxygen atoms in total. The average molecular weight is 674 g/mol. The monoisotopic (exact) mass is 673 g/mol. The second kappa shape index (κ2) is 30.1. The first-order valence-electron chi connectivity index (χ1n) is 17.0. The molecule has 4 N–H and O–H groups in total. The number of hydrogen-bond acceptors (Lipinski definition) is 8. The predicted octanol–water partition coefficient (Wildman–Crippen LogP) is 7.32. The van der Waals surface area contributed by atoms with Gasteiger partial charge in [0.15, 0.2) is 6.04 Å². The van der Waals surface area contributed by atoms with Crippen molar-refractivity contribution in [1.82, 2.24) is 5.32 Å². The zero-order valence-electron chi connectivity index (χ0n) is 28.1. The van der Waals surface area contributed by atoms with Crippen LogP contribution < -0.4 is 5.32 Å². The Morgan fingerprint density at radius 3 is 1.80 bits per heavy atom. The van der Waals surface area contributed by atoms with Crippen LogP contribution in [0, 0.1) is 0 Å². The number of hydrogen-bond donors (Lipinski definition) is 4. The highest BCUT2D eigenvalue weighted by Crippen LogP contribution is 2.43. The van der Waals surface area contributed by atoms with E-state index >= 15 is 0 Å². The van der Waals surface area contributed by atoms with Crippen LogP contribution in [-0.2, 0) is 32.7 Å². The van der Waals surface area contributed by atoms with E-state index in [1.807, 2.05) is 6.92 Å². The summed E-state index contributed by atoms with van der Waals surface area (Å²) in [4.78, 5) is 45.1. The van der Waals surface area contributed by atoms with Crippen molar-refractivity contribution < 1.29 is 47.8 Å². The van der Waals surface area contributed by atoms with Gasteiger partial charge in [0.05, 0.1) is 13.2 Å². The van der Waals surface area contributed by atoms with E-state index in [1.54, 1.807) is 0 Å². The van der Waals surface area contributed by atoms with Gasteiger partial charge in [0.2, 0.25) is 5.91 Å². The molecular weight excluding hydrogens is 613 g/mol. The number of phosphoric acid groups is 1. The van der Waals surface area contributed by atoms with Gasteiger partial charge in [-0.25, -0.2) is 9.36 Å². The molecule has 0 aliphatic rings. The van der Waals surface area contributed by atoms with Crippen LogP contribution in [0.3, 0.4) is 0 Å². The highest BCUT2D eigenvalue weighted by Gasteiger charge is 2.28. The van der Waals surface area contributed by atoms with Crippen molar-refractivity contribution in [2.75, 3.05) is 19.8 Å². The minimum absolute atomic E-state index is 0.130. The van der Waals surface area contributed by atoms with Gasteiger partial charge in [-0.15, -0.1) is 0 Å². The number of unbranched alkanes of at least 4 members (excludes halogenated alkanes) is 11. The summed E-state index contributed by atoms with van der Waals surface area (Å²) in [6.07, 6.45) is 28.5. The van der Waals surface area contributed by atoms with E-state index in [0.717, 1.165) is 64.2 Å². The number of allylic oxidation sites excluding steroid dienone is 6. The second-order valence-corrected chi connectivity index (χ2v) is 12.8. The molecule has 0 bridgehead atoms. The van der Waals surface area contributed by atoms with E-state index in [9.17, 15) is 34.1 Å². The molecule has 3 atom stereocenters. The summed E-state index contributed by atoms with van der Waals surface area (Å²) in [5.74, 6) is -2.42. The highest BCUT2D eigenvalue weighted by atomic mass is 31.2. The van der Waals surface area contributed by atoms with Crippen molar-refractivity contribution in [3.8, 4) is 0 Å². The number of carboxylic acids is 1. The second-order valence-electron chi connectivity index (χ2n) is 11.4. The van der Waals surface area contributed by atoms with Crippen LogP contribution in [-0.4, -0.2) is 64.9 Å².